The summed E-state index contributed by atoms with van der Waals surface area (Å²) in [5.74, 6) is 1.00. The maximum atomic E-state index is 12.2. The zero-order valence-electron chi connectivity index (χ0n) is 13.4. The van der Waals surface area contributed by atoms with Crippen LogP contribution in [-0.4, -0.2) is 25.6 Å². The van der Waals surface area contributed by atoms with Gasteiger partial charge in [0.15, 0.2) is 0 Å². The molecule has 1 rings (SSSR count). The normalized spacial score (nSPS) is 13.5. The number of hydrogen-bond donors (Lipinski definition) is 2. The summed E-state index contributed by atoms with van der Waals surface area (Å²) in [7, 11) is 1.65. The van der Waals surface area contributed by atoms with E-state index >= 15 is 0 Å². The van der Waals surface area contributed by atoms with Crippen molar-refractivity contribution < 1.29 is 9.53 Å². The van der Waals surface area contributed by atoms with Crippen LogP contribution in [-0.2, 0) is 4.79 Å². The fourth-order valence-electron chi connectivity index (χ4n) is 2.45. The minimum Gasteiger partial charge on any atom is -0.496 e. The molecule has 0 spiro atoms. The second-order valence-corrected chi connectivity index (χ2v) is 5.49. The molecular weight excluding hydrogens is 264 g/mol. The molecule has 1 aromatic rings. The third-order valence-corrected chi connectivity index (χ3v) is 3.72. The van der Waals surface area contributed by atoms with E-state index in [1.165, 1.54) is 0 Å². The van der Waals surface area contributed by atoms with Gasteiger partial charge in [0.25, 0.3) is 0 Å². The lowest BCUT2D eigenvalue weighted by Gasteiger charge is -2.19. The average molecular weight is 292 g/mol. The molecule has 0 saturated heterocycles. The first-order chi connectivity index (χ1) is 10.1. The largest absolute Gasteiger partial charge is 0.496 e. The van der Waals surface area contributed by atoms with Crippen LogP contribution in [0.5, 0.6) is 5.75 Å². The van der Waals surface area contributed by atoms with E-state index in [9.17, 15) is 4.79 Å². The van der Waals surface area contributed by atoms with Crippen molar-refractivity contribution in [3.63, 3.8) is 0 Å². The van der Waals surface area contributed by atoms with Gasteiger partial charge < -0.3 is 15.8 Å². The van der Waals surface area contributed by atoms with Gasteiger partial charge in [-0.05, 0) is 24.0 Å². The highest BCUT2D eigenvalue weighted by Crippen LogP contribution is 2.28. The lowest BCUT2D eigenvalue weighted by molar-refractivity contribution is -0.122. The number of amides is 1. The van der Waals surface area contributed by atoms with Crippen molar-refractivity contribution in [3.05, 3.63) is 29.8 Å². The van der Waals surface area contributed by atoms with Crippen LogP contribution in [0.25, 0.3) is 0 Å². The van der Waals surface area contributed by atoms with E-state index in [0.29, 0.717) is 13.0 Å². The Morgan fingerprint density at radius 3 is 2.71 bits per heavy atom. The van der Waals surface area contributed by atoms with Crippen LogP contribution < -0.4 is 15.8 Å². The molecule has 21 heavy (non-hydrogen) atoms. The number of nitrogens with two attached hydrogens (primary N) is 1. The monoisotopic (exact) mass is 292 g/mol. The Balaban J connectivity index is 2.57. The Labute approximate surface area is 128 Å². The Morgan fingerprint density at radius 1 is 1.38 bits per heavy atom. The highest BCUT2D eigenvalue weighted by Gasteiger charge is 2.17. The minimum atomic E-state index is 0.0555. The van der Waals surface area contributed by atoms with E-state index in [-0.39, 0.29) is 17.9 Å². The van der Waals surface area contributed by atoms with E-state index in [4.69, 9.17) is 10.5 Å². The lowest BCUT2D eigenvalue weighted by Crippen LogP contribution is -2.40. The number of carbonyl (C=O) groups excluding carboxylic acids is 1. The van der Waals surface area contributed by atoms with Crippen molar-refractivity contribution in [2.24, 2.45) is 5.73 Å². The first-order valence-electron chi connectivity index (χ1n) is 7.74. The maximum Gasteiger partial charge on any atom is 0.220 e. The molecule has 0 bridgehead atoms. The van der Waals surface area contributed by atoms with Gasteiger partial charge in [0.1, 0.15) is 5.75 Å². The van der Waals surface area contributed by atoms with Gasteiger partial charge in [-0.25, -0.2) is 0 Å². The highest BCUT2D eigenvalue weighted by atomic mass is 16.5. The van der Waals surface area contributed by atoms with Crippen molar-refractivity contribution in [3.8, 4) is 5.75 Å². The van der Waals surface area contributed by atoms with E-state index in [1.54, 1.807) is 7.11 Å². The Bertz CT molecular complexity index is 435. The van der Waals surface area contributed by atoms with Crippen LogP contribution in [0.15, 0.2) is 24.3 Å². The molecule has 2 atom stereocenters. The molecule has 0 aliphatic rings. The molecule has 2 unspecified atom stereocenters. The van der Waals surface area contributed by atoms with Gasteiger partial charge in [-0.15, -0.1) is 0 Å². The van der Waals surface area contributed by atoms with E-state index < -0.39 is 0 Å². The summed E-state index contributed by atoms with van der Waals surface area (Å²) in [5, 5.41) is 3.03. The first-order valence-corrected chi connectivity index (χ1v) is 7.74. The number of carbonyl (C=O) groups is 1. The smallest absolute Gasteiger partial charge is 0.220 e. The van der Waals surface area contributed by atoms with Gasteiger partial charge in [0.2, 0.25) is 5.91 Å². The van der Waals surface area contributed by atoms with E-state index in [1.807, 2.05) is 31.2 Å². The molecule has 4 nitrogen and oxygen atoms in total. The second kappa shape index (κ2) is 9.40. The summed E-state index contributed by atoms with van der Waals surface area (Å²) in [4.78, 5) is 12.2. The van der Waals surface area contributed by atoms with Crippen molar-refractivity contribution >= 4 is 5.91 Å². The molecule has 0 radical (unpaired) electrons. The predicted octanol–water partition coefficient (Wildman–Crippen LogP) is 2.82. The van der Waals surface area contributed by atoms with E-state index in [2.05, 4.69) is 12.2 Å². The van der Waals surface area contributed by atoms with Crippen molar-refractivity contribution in [1.82, 2.24) is 5.32 Å². The molecule has 4 heteroatoms. The topological polar surface area (TPSA) is 64.3 Å². The fraction of sp³-hybridized carbons (Fsp3) is 0.588. The fourth-order valence-corrected chi connectivity index (χ4v) is 2.45. The Kier molecular flexibility index (Phi) is 7.83. The molecule has 118 valence electrons. The van der Waals surface area contributed by atoms with Crippen LogP contribution in [0, 0.1) is 0 Å². The molecule has 0 fully saturated rings. The van der Waals surface area contributed by atoms with Gasteiger partial charge in [0.05, 0.1) is 7.11 Å². The highest BCUT2D eigenvalue weighted by molar-refractivity contribution is 5.77. The maximum absolute atomic E-state index is 12.2. The molecule has 0 aromatic heterocycles. The molecule has 0 heterocycles. The number of hydrogen-bond acceptors (Lipinski definition) is 3. The molecule has 1 amide bonds. The predicted molar refractivity (Wildman–Crippen MR) is 86.5 cm³/mol. The van der Waals surface area contributed by atoms with Crippen molar-refractivity contribution in [1.29, 1.82) is 0 Å². The number of nitrogens with one attached hydrogen (secondary N) is 1. The standard InChI is InChI=1S/C17H28N2O2/c1-4-5-8-14(12-18)19-17(20)11-13(2)15-9-6-7-10-16(15)21-3/h6-7,9-10,13-14H,4-5,8,11-12,18H2,1-3H3,(H,19,20). The van der Waals surface area contributed by atoms with Crippen molar-refractivity contribution in [2.75, 3.05) is 13.7 Å². The van der Waals surface area contributed by atoms with Crippen LogP contribution in [0.2, 0.25) is 0 Å². The summed E-state index contributed by atoms with van der Waals surface area (Å²) < 4.78 is 5.35. The number of para-hydroxylation sites is 1. The molecule has 1 aromatic carbocycles. The summed E-state index contributed by atoms with van der Waals surface area (Å²) in [6, 6.07) is 7.92. The number of rotatable bonds is 9. The summed E-state index contributed by atoms with van der Waals surface area (Å²) in [6.45, 7) is 4.68. The Hall–Kier alpha value is -1.55. The van der Waals surface area contributed by atoms with Gasteiger partial charge in [-0.3, -0.25) is 4.79 Å². The lowest BCUT2D eigenvalue weighted by atomic mass is 9.96. The SMILES string of the molecule is CCCCC(CN)NC(=O)CC(C)c1ccccc1OC. The van der Waals surface area contributed by atoms with Gasteiger partial charge >= 0.3 is 0 Å². The molecule has 3 N–H and O–H groups in total. The van der Waals surface area contributed by atoms with Gasteiger partial charge in [-0.1, -0.05) is 44.9 Å². The second-order valence-electron chi connectivity index (χ2n) is 5.49. The number of unbranched alkanes of at least 4 members (excludes halogenated alkanes) is 1. The van der Waals surface area contributed by atoms with E-state index in [0.717, 1.165) is 30.6 Å². The Morgan fingerprint density at radius 2 is 2.10 bits per heavy atom. The molecular formula is C17H28N2O2. The quantitative estimate of drug-likeness (QED) is 0.735. The third-order valence-electron chi connectivity index (χ3n) is 3.72. The van der Waals surface area contributed by atoms with Crippen LogP contribution >= 0.6 is 0 Å². The summed E-state index contributed by atoms with van der Waals surface area (Å²) in [5.41, 5.74) is 6.78. The van der Waals surface area contributed by atoms with Gasteiger partial charge in [-0.2, -0.15) is 0 Å². The molecule has 0 aliphatic carbocycles. The van der Waals surface area contributed by atoms with Gasteiger partial charge in [0, 0.05) is 19.0 Å². The number of benzene rings is 1. The first kappa shape index (κ1) is 17.5. The number of ether oxygens (including phenoxy) is 1. The van der Waals surface area contributed by atoms with Crippen LogP contribution in [0.4, 0.5) is 0 Å². The number of methoxy groups -OCH3 is 1. The zero-order valence-corrected chi connectivity index (χ0v) is 13.4. The third kappa shape index (κ3) is 5.76. The summed E-state index contributed by atoms with van der Waals surface area (Å²) in [6.07, 6.45) is 3.60. The van der Waals surface area contributed by atoms with Crippen molar-refractivity contribution in [2.45, 2.75) is 51.5 Å². The average Bonchev–Trinajstić information content (AvgIpc) is 2.51. The van der Waals surface area contributed by atoms with Crippen LogP contribution in [0.3, 0.4) is 0 Å². The molecule has 0 saturated carbocycles. The summed E-state index contributed by atoms with van der Waals surface area (Å²) >= 11 is 0. The molecule has 0 aliphatic heterocycles. The van der Waals surface area contributed by atoms with Crippen LogP contribution in [0.1, 0.15) is 51.0 Å². The zero-order chi connectivity index (χ0) is 15.7. The minimum absolute atomic E-state index is 0.0555.